The molecule has 3 heterocycles. The first kappa shape index (κ1) is 16.5. The minimum absolute atomic E-state index is 0.0716. The molecule has 8 heteroatoms. The van der Waals surface area contributed by atoms with Crippen LogP contribution in [0.3, 0.4) is 0 Å². The summed E-state index contributed by atoms with van der Waals surface area (Å²) < 4.78 is 4.46. The topological polar surface area (TPSA) is 77.4 Å². The molecule has 0 fully saturated rings. The Morgan fingerprint density at radius 3 is 2.50 bits per heavy atom. The molecule has 2 aromatic heterocycles. The average Bonchev–Trinajstić information content (AvgIpc) is 2.96. The number of hydrogen-bond acceptors (Lipinski definition) is 5. The summed E-state index contributed by atoms with van der Waals surface area (Å²) in [7, 11) is 3.14. The van der Waals surface area contributed by atoms with Crippen LogP contribution in [0, 0.1) is 0 Å². The van der Waals surface area contributed by atoms with Crippen LogP contribution >= 0.6 is 0 Å². The van der Waals surface area contributed by atoms with Gasteiger partial charge in [-0.1, -0.05) is 19.8 Å². The zero-order valence-electron chi connectivity index (χ0n) is 14.9. The fourth-order valence-electron chi connectivity index (χ4n) is 3.12. The smallest absolute Gasteiger partial charge is 0.294 e. The summed E-state index contributed by atoms with van der Waals surface area (Å²) in [6.45, 7) is 6.85. The van der Waals surface area contributed by atoms with Crippen molar-refractivity contribution in [1.82, 2.24) is 18.7 Å². The molecule has 0 aliphatic carbocycles. The number of aryl methyl sites for hydroxylation is 1. The normalized spacial score (nSPS) is 17.3. The molecule has 0 saturated heterocycles. The van der Waals surface area contributed by atoms with Gasteiger partial charge in [0.1, 0.15) is 0 Å². The third kappa shape index (κ3) is 2.28. The van der Waals surface area contributed by atoms with E-state index in [0.717, 1.165) is 36.1 Å². The molecule has 0 aromatic carbocycles. The van der Waals surface area contributed by atoms with Crippen LogP contribution in [0.15, 0.2) is 14.7 Å². The molecular weight excluding hydrogens is 308 g/mol. The summed E-state index contributed by atoms with van der Waals surface area (Å²) in [4.78, 5) is 29.5. The molecule has 0 spiro atoms. The predicted molar refractivity (Wildman–Crippen MR) is 94.9 cm³/mol. The lowest BCUT2D eigenvalue weighted by molar-refractivity contribution is 0.611. The van der Waals surface area contributed by atoms with Crippen LogP contribution in [0.25, 0.3) is 11.2 Å². The Labute approximate surface area is 140 Å². The second-order valence-electron chi connectivity index (χ2n) is 6.41. The van der Waals surface area contributed by atoms with Crippen molar-refractivity contribution in [3.8, 4) is 0 Å². The Kier molecular flexibility index (Phi) is 4.06. The largest absolute Gasteiger partial charge is 0.332 e. The lowest BCUT2D eigenvalue weighted by Crippen LogP contribution is -2.38. The summed E-state index contributed by atoms with van der Waals surface area (Å²) >= 11 is 0. The molecule has 1 aliphatic heterocycles. The van der Waals surface area contributed by atoms with Crippen molar-refractivity contribution in [2.75, 3.05) is 11.6 Å². The van der Waals surface area contributed by atoms with Gasteiger partial charge >= 0.3 is 5.69 Å². The zero-order valence-corrected chi connectivity index (χ0v) is 14.9. The van der Waals surface area contributed by atoms with Crippen LogP contribution < -0.4 is 16.3 Å². The average molecular weight is 332 g/mol. The number of hydrogen-bond donors (Lipinski definition) is 0. The Balaban J connectivity index is 2.26. The molecule has 1 aliphatic rings. The van der Waals surface area contributed by atoms with E-state index in [1.54, 1.807) is 7.05 Å². The van der Waals surface area contributed by atoms with Crippen LogP contribution in [0.1, 0.15) is 46.1 Å². The first-order valence-corrected chi connectivity index (χ1v) is 8.39. The van der Waals surface area contributed by atoms with Crippen molar-refractivity contribution in [2.24, 2.45) is 19.2 Å². The van der Waals surface area contributed by atoms with Crippen molar-refractivity contribution in [2.45, 2.75) is 46.1 Å². The summed E-state index contributed by atoms with van der Waals surface area (Å²) in [5, 5.41) is 6.50. The van der Waals surface area contributed by atoms with Crippen LogP contribution in [0.2, 0.25) is 0 Å². The minimum Gasteiger partial charge on any atom is -0.294 e. The summed E-state index contributed by atoms with van der Waals surface area (Å²) in [6, 6.07) is -0.0716. The third-order valence-corrected chi connectivity index (χ3v) is 4.75. The first-order valence-electron chi connectivity index (χ1n) is 8.39. The fraction of sp³-hybridized carbons (Fsp3) is 0.625. The second kappa shape index (κ2) is 5.92. The highest BCUT2D eigenvalue weighted by Gasteiger charge is 2.29. The number of anilines is 1. The van der Waals surface area contributed by atoms with Gasteiger partial charge in [-0.2, -0.15) is 10.1 Å². The molecule has 3 rings (SSSR count). The van der Waals surface area contributed by atoms with E-state index in [0.29, 0.717) is 17.1 Å². The summed E-state index contributed by atoms with van der Waals surface area (Å²) in [5.74, 6) is 0.637. The number of hydrazone groups is 1. The van der Waals surface area contributed by atoms with Crippen molar-refractivity contribution in [1.29, 1.82) is 0 Å². The highest BCUT2D eigenvalue weighted by Crippen LogP contribution is 2.29. The SMILES string of the molecule is CCCCCN1N=C(C)[C@H](C)n2c1nc1c2c(=O)n(C)c(=O)n1C. The van der Waals surface area contributed by atoms with Gasteiger partial charge in [-0.15, -0.1) is 0 Å². The molecule has 0 saturated carbocycles. The standard InChI is InChI=1S/C16H24N6O2/c1-6-7-8-9-21-15-17-13-12(22(15)11(3)10(2)18-21)14(23)20(5)16(24)19(13)4/h11H,6-9H2,1-5H3/t11-/m0/s1. The van der Waals surface area contributed by atoms with E-state index in [1.165, 1.54) is 11.6 Å². The molecule has 0 radical (unpaired) electrons. The zero-order chi connectivity index (χ0) is 17.6. The highest BCUT2D eigenvalue weighted by molar-refractivity contribution is 5.90. The molecule has 0 N–H and O–H groups in total. The maximum Gasteiger partial charge on any atom is 0.332 e. The number of unbranched alkanes of at least 4 members (excludes halogenated alkanes) is 2. The number of aromatic nitrogens is 4. The second-order valence-corrected chi connectivity index (χ2v) is 6.41. The van der Waals surface area contributed by atoms with Crippen molar-refractivity contribution >= 4 is 22.8 Å². The van der Waals surface area contributed by atoms with E-state index < -0.39 is 0 Å². The van der Waals surface area contributed by atoms with Crippen molar-refractivity contribution < 1.29 is 0 Å². The number of nitrogens with zero attached hydrogens (tertiary/aromatic N) is 6. The van der Waals surface area contributed by atoms with Crippen LogP contribution in [-0.2, 0) is 14.1 Å². The molecule has 1 atom stereocenters. The number of fused-ring (bicyclic) bond motifs is 3. The van der Waals surface area contributed by atoms with E-state index in [4.69, 9.17) is 0 Å². The molecule has 0 amide bonds. The van der Waals surface area contributed by atoms with E-state index in [2.05, 4.69) is 17.0 Å². The van der Waals surface area contributed by atoms with E-state index in [9.17, 15) is 9.59 Å². The van der Waals surface area contributed by atoms with E-state index in [-0.39, 0.29) is 17.3 Å². The van der Waals surface area contributed by atoms with Gasteiger partial charge in [-0.05, 0) is 20.3 Å². The van der Waals surface area contributed by atoms with Crippen LogP contribution in [0.5, 0.6) is 0 Å². The van der Waals surface area contributed by atoms with Gasteiger partial charge < -0.3 is 0 Å². The lowest BCUT2D eigenvalue weighted by atomic mass is 10.2. The van der Waals surface area contributed by atoms with Gasteiger partial charge in [-0.25, -0.2) is 9.80 Å². The summed E-state index contributed by atoms with van der Waals surface area (Å²) in [6.07, 6.45) is 3.24. The Hall–Kier alpha value is -2.38. The molecule has 24 heavy (non-hydrogen) atoms. The number of rotatable bonds is 4. The van der Waals surface area contributed by atoms with Crippen molar-refractivity contribution in [3.63, 3.8) is 0 Å². The third-order valence-electron chi connectivity index (χ3n) is 4.75. The Bertz CT molecular complexity index is 933. The Morgan fingerprint density at radius 2 is 1.83 bits per heavy atom. The van der Waals surface area contributed by atoms with Crippen LogP contribution in [0.4, 0.5) is 5.95 Å². The van der Waals surface area contributed by atoms with Gasteiger partial charge in [0.25, 0.3) is 5.56 Å². The van der Waals surface area contributed by atoms with E-state index in [1.807, 2.05) is 23.4 Å². The molecule has 8 nitrogen and oxygen atoms in total. The van der Waals surface area contributed by atoms with Gasteiger partial charge in [0.05, 0.1) is 11.8 Å². The van der Waals surface area contributed by atoms with E-state index >= 15 is 0 Å². The molecule has 2 aromatic rings. The molecule has 0 unspecified atom stereocenters. The number of imidazole rings is 1. The predicted octanol–water partition coefficient (Wildman–Crippen LogP) is 1.38. The van der Waals surface area contributed by atoms with Gasteiger partial charge in [0, 0.05) is 20.6 Å². The monoisotopic (exact) mass is 332 g/mol. The van der Waals surface area contributed by atoms with Crippen LogP contribution in [-0.4, -0.2) is 30.9 Å². The highest BCUT2D eigenvalue weighted by atomic mass is 16.2. The first-order chi connectivity index (χ1) is 11.4. The van der Waals surface area contributed by atoms with Gasteiger partial charge in [0.2, 0.25) is 5.95 Å². The molecular formula is C16H24N6O2. The maximum atomic E-state index is 12.7. The lowest BCUT2D eigenvalue weighted by Gasteiger charge is -2.29. The Morgan fingerprint density at radius 1 is 1.12 bits per heavy atom. The minimum atomic E-state index is -0.370. The summed E-state index contributed by atoms with van der Waals surface area (Å²) in [5.41, 5.74) is 1.11. The molecule has 130 valence electrons. The molecule has 0 bridgehead atoms. The maximum absolute atomic E-state index is 12.7. The van der Waals surface area contributed by atoms with Gasteiger partial charge in [-0.3, -0.25) is 18.5 Å². The quantitative estimate of drug-likeness (QED) is 0.793. The van der Waals surface area contributed by atoms with Crippen molar-refractivity contribution in [3.05, 3.63) is 20.8 Å². The fourth-order valence-corrected chi connectivity index (χ4v) is 3.12. The van der Waals surface area contributed by atoms with Gasteiger partial charge in [0.15, 0.2) is 11.2 Å².